The summed E-state index contributed by atoms with van der Waals surface area (Å²) in [6, 6.07) is 16.7. The highest BCUT2D eigenvalue weighted by Crippen LogP contribution is 2.24. The van der Waals surface area contributed by atoms with E-state index >= 15 is 0 Å². The second-order valence-electron chi connectivity index (χ2n) is 9.57. The van der Waals surface area contributed by atoms with E-state index in [1.807, 2.05) is 11.8 Å². The van der Waals surface area contributed by atoms with Crippen molar-refractivity contribution in [2.24, 2.45) is 5.92 Å². The molecule has 1 saturated heterocycles. The highest BCUT2D eigenvalue weighted by atomic mass is 32.2. The first-order valence-corrected chi connectivity index (χ1v) is 13.7. The van der Waals surface area contributed by atoms with Crippen molar-refractivity contribution >= 4 is 27.4 Å². The molecule has 0 saturated carbocycles. The number of piperazine rings is 1. The third-order valence-electron chi connectivity index (χ3n) is 6.42. The number of amides is 1. The fourth-order valence-electron chi connectivity index (χ4n) is 4.40. The van der Waals surface area contributed by atoms with Crippen molar-refractivity contribution in [2.45, 2.75) is 38.0 Å². The van der Waals surface area contributed by atoms with Gasteiger partial charge in [0.1, 0.15) is 12.1 Å². The molecule has 1 atom stereocenters. The molecule has 1 aromatic heterocycles. The molecule has 0 unspecified atom stereocenters. The van der Waals surface area contributed by atoms with E-state index in [1.165, 1.54) is 24.2 Å². The summed E-state index contributed by atoms with van der Waals surface area (Å²) in [5.41, 5.74) is 3.27. The summed E-state index contributed by atoms with van der Waals surface area (Å²) >= 11 is 0. The van der Waals surface area contributed by atoms with Gasteiger partial charge >= 0.3 is 0 Å². The Morgan fingerprint density at radius 2 is 1.64 bits per heavy atom. The van der Waals surface area contributed by atoms with Crippen LogP contribution in [0.25, 0.3) is 0 Å². The quantitative estimate of drug-likeness (QED) is 0.490. The minimum atomic E-state index is -3.74. The van der Waals surface area contributed by atoms with Gasteiger partial charge in [-0.05, 0) is 60.7 Å². The molecular weight excluding hydrogens is 474 g/mol. The lowest BCUT2D eigenvalue weighted by Crippen LogP contribution is -2.49. The van der Waals surface area contributed by atoms with E-state index in [4.69, 9.17) is 0 Å². The van der Waals surface area contributed by atoms with Crippen molar-refractivity contribution in [1.29, 1.82) is 0 Å². The molecule has 192 valence electrons. The summed E-state index contributed by atoms with van der Waals surface area (Å²) in [6.45, 7) is 9.02. The zero-order valence-electron chi connectivity index (χ0n) is 21.0. The maximum absolute atomic E-state index is 13.1. The van der Waals surface area contributed by atoms with Crippen LogP contribution in [-0.2, 0) is 21.2 Å². The Hall–Kier alpha value is -3.46. The molecule has 1 N–H and O–H groups in total. The maximum Gasteiger partial charge on any atom is 0.263 e. The molecule has 8 nitrogen and oxygen atoms in total. The second-order valence-corrected chi connectivity index (χ2v) is 11.2. The molecule has 1 aliphatic rings. The van der Waals surface area contributed by atoms with E-state index in [-0.39, 0.29) is 24.0 Å². The van der Waals surface area contributed by atoms with Crippen LogP contribution in [0.4, 0.5) is 11.5 Å². The highest BCUT2D eigenvalue weighted by molar-refractivity contribution is 7.92. The number of hydrogen-bond acceptors (Lipinski definition) is 6. The van der Waals surface area contributed by atoms with Crippen LogP contribution < -0.4 is 9.62 Å². The summed E-state index contributed by atoms with van der Waals surface area (Å²) < 4.78 is 27.7. The van der Waals surface area contributed by atoms with Crippen molar-refractivity contribution in [3.05, 3.63) is 78.2 Å². The number of nitrogens with one attached hydrogen (secondary N) is 1. The Morgan fingerprint density at radius 3 is 2.22 bits per heavy atom. The number of rotatable bonds is 8. The number of carbonyl (C=O) groups excluding carboxylic acids is 1. The summed E-state index contributed by atoms with van der Waals surface area (Å²) in [7, 11) is -3.74. The Bertz CT molecular complexity index is 1260. The zero-order valence-corrected chi connectivity index (χ0v) is 21.8. The van der Waals surface area contributed by atoms with Crippen molar-refractivity contribution in [2.75, 3.05) is 35.8 Å². The van der Waals surface area contributed by atoms with E-state index in [0.29, 0.717) is 32.1 Å². The molecule has 2 heterocycles. The van der Waals surface area contributed by atoms with E-state index in [9.17, 15) is 13.2 Å². The van der Waals surface area contributed by atoms with Crippen molar-refractivity contribution in [3.63, 3.8) is 0 Å². The van der Waals surface area contributed by atoms with Crippen molar-refractivity contribution in [3.8, 4) is 0 Å². The maximum atomic E-state index is 13.1. The summed E-state index contributed by atoms with van der Waals surface area (Å²) in [4.78, 5) is 25.1. The van der Waals surface area contributed by atoms with Crippen molar-refractivity contribution in [1.82, 2.24) is 14.9 Å². The van der Waals surface area contributed by atoms with E-state index < -0.39 is 10.0 Å². The third-order valence-corrected chi connectivity index (χ3v) is 7.79. The molecule has 36 heavy (non-hydrogen) atoms. The molecule has 9 heteroatoms. The molecule has 0 bridgehead atoms. The Kier molecular flexibility index (Phi) is 7.88. The van der Waals surface area contributed by atoms with Crippen LogP contribution in [0.2, 0.25) is 0 Å². The lowest BCUT2D eigenvalue weighted by molar-refractivity contribution is -0.132. The number of sulfonamides is 1. The number of aromatic nitrogens is 2. The molecule has 0 radical (unpaired) electrons. The first-order valence-electron chi connectivity index (χ1n) is 12.2. The molecule has 1 fully saturated rings. The Balaban J connectivity index is 0.00000380. The first-order chi connectivity index (χ1) is 17.2. The SMILES string of the molecule is CC(C)Cc1ccc([C@H](C)C(=O)N2CCN(c3ccc(S(=O)(=O)Nc4ccncn4)cc3)CC2)cc1.[HH]. The Morgan fingerprint density at radius 1 is 0.972 bits per heavy atom. The third kappa shape index (κ3) is 6.20. The van der Waals surface area contributed by atoms with Gasteiger partial charge in [-0.15, -0.1) is 0 Å². The molecule has 1 amide bonds. The summed E-state index contributed by atoms with van der Waals surface area (Å²) in [6.07, 6.45) is 3.80. The molecule has 4 rings (SSSR count). The van der Waals surface area contributed by atoms with Crippen LogP contribution in [0.1, 0.15) is 39.2 Å². The fraction of sp³-hybridized carbons (Fsp3) is 0.370. The zero-order chi connectivity index (χ0) is 25.7. The highest BCUT2D eigenvalue weighted by Gasteiger charge is 2.26. The van der Waals surface area contributed by atoms with Crippen LogP contribution in [0.5, 0.6) is 0 Å². The van der Waals surface area contributed by atoms with Gasteiger partial charge in [-0.3, -0.25) is 9.52 Å². The first kappa shape index (κ1) is 25.6. The summed E-state index contributed by atoms with van der Waals surface area (Å²) in [5.74, 6) is 0.781. The summed E-state index contributed by atoms with van der Waals surface area (Å²) in [5, 5.41) is 0. The lowest BCUT2D eigenvalue weighted by Gasteiger charge is -2.37. The normalized spacial score (nSPS) is 15.1. The predicted molar refractivity (Wildman–Crippen MR) is 144 cm³/mol. The molecule has 3 aromatic rings. The number of benzene rings is 2. The van der Waals surface area contributed by atoms with Crippen LogP contribution in [0, 0.1) is 5.92 Å². The molecule has 1 aliphatic heterocycles. The number of anilines is 2. The average Bonchev–Trinajstić information content (AvgIpc) is 2.88. The average molecular weight is 510 g/mol. The number of carbonyl (C=O) groups is 1. The molecule has 0 spiro atoms. The topological polar surface area (TPSA) is 95.5 Å². The predicted octanol–water partition coefficient (Wildman–Crippen LogP) is 4.17. The number of nitrogens with zero attached hydrogens (tertiary/aromatic N) is 4. The molecule has 0 aliphatic carbocycles. The van der Waals surface area contributed by atoms with Gasteiger partial charge in [-0.25, -0.2) is 18.4 Å². The molecular formula is C27H35N5O3S. The molecule has 2 aromatic carbocycles. The number of hydrogen-bond donors (Lipinski definition) is 1. The van der Waals surface area contributed by atoms with Crippen LogP contribution in [0.15, 0.2) is 72.0 Å². The second kappa shape index (κ2) is 11.1. The van der Waals surface area contributed by atoms with E-state index in [1.54, 1.807) is 24.3 Å². The Labute approximate surface area is 214 Å². The van der Waals surface area contributed by atoms with Gasteiger partial charge in [0.25, 0.3) is 10.0 Å². The van der Waals surface area contributed by atoms with Crippen LogP contribution in [0.3, 0.4) is 0 Å². The largest absolute Gasteiger partial charge is 0.368 e. The van der Waals surface area contributed by atoms with Gasteiger partial charge in [0.2, 0.25) is 5.91 Å². The van der Waals surface area contributed by atoms with Gasteiger partial charge < -0.3 is 9.80 Å². The minimum absolute atomic E-state index is 0. The fourth-order valence-corrected chi connectivity index (χ4v) is 5.41. The minimum Gasteiger partial charge on any atom is -0.368 e. The standard InChI is InChI=1S/C27H33N5O3S.H2/c1-20(2)18-22-4-6-23(7-5-22)21(3)27(33)32-16-14-31(15-17-32)24-8-10-25(11-9-24)36(34,35)30-26-12-13-28-19-29-26;/h4-13,19-21H,14-18H2,1-3H3,(H,28,29,30);1H/t21-;/m0./s1. The van der Waals surface area contributed by atoms with Gasteiger partial charge in [0.05, 0.1) is 10.8 Å². The van der Waals surface area contributed by atoms with Crippen LogP contribution in [-0.4, -0.2) is 55.4 Å². The smallest absolute Gasteiger partial charge is 0.263 e. The van der Waals surface area contributed by atoms with Gasteiger partial charge in [-0.1, -0.05) is 38.1 Å². The van der Waals surface area contributed by atoms with Gasteiger partial charge in [0, 0.05) is 39.5 Å². The van der Waals surface area contributed by atoms with E-state index in [0.717, 1.165) is 17.7 Å². The van der Waals surface area contributed by atoms with E-state index in [2.05, 4.69) is 57.7 Å². The monoisotopic (exact) mass is 509 g/mol. The van der Waals surface area contributed by atoms with Gasteiger partial charge in [-0.2, -0.15) is 0 Å². The van der Waals surface area contributed by atoms with Gasteiger partial charge in [0.15, 0.2) is 0 Å². The lowest BCUT2D eigenvalue weighted by atomic mass is 9.95. The van der Waals surface area contributed by atoms with Crippen molar-refractivity contribution < 1.29 is 14.6 Å². The van der Waals surface area contributed by atoms with Crippen LogP contribution >= 0.6 is 0 Å².